The number of aromatic nitrogens is 4. The van der Waals surface area contributed by atoms with Crippen LogP contribution in [0.2, 0.25) is 0 Å². The highest BCUT2D eigenvalue weighted by atomic mass is 32.2. The Morgan fingerprint density at radius 2 is 1.91 bits per heavy atom. The number of para-hydroxylation sites is 1. The van der Waals surface area contributed by atoms with Crippen LogP contribution < -0.4 is 0 Å². The Kier molecular flexibility index (Phi) is 3.90. The summed E-state index contributed by atoms with van der Waals surface area (Å²) in [4.78, 5) is 4.27. The zero-order valence-electron chi connectivity index (χ0n) is 12.2. The molecule has 0 spiro atoms. The molecule has 0 bridgehead atoms. The van der Waals surface area contributed by atoms with Gasteiger partial charge in [-0.1, -0.05) is 18.2 Å². The van der Waals surface area contributed by atoms with Gasteiger partial charge in [0.05, 0.1) is 11.3 Å². The summed E-state index contributed by atoms with van der Waals surface area (Å²) < 4.78 is 2.01. The van der Waals surface area contributed by atoms with Gasteiger partial charge in [0.2, 0.25) is 5.16 Å². The van der Waals surface area contributed by atoms with Gasteiger partial charge >= 0.3 is 0 Å². The summed E-state index contributed by atoms with van der Waals surface area (Å²) >= 11 is 1.43. The van der Waals surface area contributed by atoms with E-state index in [9.17, 15) is 0 Å². The Hall–Kier alpha value is -2.65. The molecule has 0 aliphatic rings. The Morgan fingerprint density at radius 3 is 2.59 bits per heavy atom. The Labute approximate surface area is 132 Å². The van der Waals surface area contributed by atoms with E-state index in [0.717, 1.165) is 27.3 Å². The van der Waals surface area contributed by atoms with Gasteiger partial charge < -0.3 is 0 Å². The van der Waals surface area contributed by atoms with Gasteiger partial charge in [0.1, 0.15) is 16.9 Å². The van der Waals surface area contributed by atoms with Gasteiger partial charge in [0.25, 0.3) is 0 Å². The van der Waals surface area contributed by atoms with E-state index in [1.807, 2.05) is 35.8 Å². The summed E-state index contributed by atoms with van der Waals surface area (Å²) in [5.41, 5.74) is 2.75. The molecule has 0 saturated carbocycles. The first-order valence-corrected chi connectivity index (χ1v) is 7.52. The maximum Gasteiger partial charge on any atom is 0.202 e. The summed E-state index contributed by atoms with van der Waals surface area (Å²) in [6, 6.07) is 13.7. The molecular weight excluding hydrogens is 294 g/mol. The number of hydrogen-bond acceptors (Lipinski definition) is 5. The summed E-state index contributed by atoms with van der Waals surface area (Å²) in [7, 11) is 0. The highest BCUT2D eigenvalue weighted by Gasteiger charge is 2.14. The molecule has 108 valence electrons. The Morgan fingerprint density at radius 1 is 1.09 bits per heavy atom. The smallest absolute Gasteiger partial charge is 0.202 e. The van der Waals surface area contributed by atoms with Crippen molar-refractivity contribution in [2.75, 3.05) is 0 Å². The van der Waals surface area contributed by atoms with Crippen LogP contribution >= 0.6 is 11.8 Å². The number of benzene rings is 1. The maximum absolute atomic E-state index is 8.82. The zero-order valence-corrected chi connectivity index (χ0v) is 13.0. The highest BCUT2D eigenvalue weighted by Crippen LogP contribution is 2.28. The van der Waals surface area contributed by atoms with Crippen LogP contribution in [-0.4, -0.2) is 19.7 Å². The van der Waals surface area contributed by atoms with Gasteiger partial charge in [0.15, 0.2) is 0 Å². The normalized spacial score (nSPS) is 10.4. The van der Waals surface area contributed by atoms with Crippen molar-refractivity contribution in [2.45, 2.75) is 24.0 Å². The molecule has 0 atom stereocenters. The van der Waals surface area contributed by atoms with Crippen LogP contribution in [0.25, 0.3) is 5.69 Å². The number of aryl methyl sites for hydroxylation is 2. The SMILES string of the molecule is Cc1ccccc1-n1c(C)nnc1Sc1ccc(C#N)cn1. The van der Waals surface area contributed by atoms with Gasteiger partial charge in [-0.05, 0) is 49.4 Å². The molecule has 5 nitrogen and oxygen atoms in total. The van der Waals surface area contributed by atoms with E-state index in [0.29, 0.717) is 5.56 Å². The van der Waals surface area contributed by atoms with E-state index >= 15 is 0 Å². The first kappa shape index (κ1) is 14.3. The average molecular weight is 307 g/mol. The maximum atomic E-state index is 8.82. The van der Waals surface area contributed by atoms with Crippen LogP contribution in [0, 0.1) is 25.2 Å². The predicted molar refractivity (Wildman–Crippen MR) is 83.9 cm³/mol. The standard InChI is InChI=1S/C16H13N5S/c1-11-5-3-4-6-14(11)21-12(2)19-20-16(21)22-15-8-7-13(9-17)10-18-15/h3-8,10H,1-2H3. The van der Waals surface area contributed by atoms with Crippen LogP contribution in [0.4, 0.5) is 0 Å². The van der Waals surface area contributed by atoms with Gasteiger partial charge in [-0.15, -0.1) is 10.2 Å². The number of hydrogen-bond donors (Lipinski definition) is 0. The average Bonchev–Trinajstić information content (AvgIpc) is 2.89. The number of nitriles is 1. The molecule has 22 heavy (non-hydrogen) atoms. The van der Waals surface area contributed by atoms with E-state index in [2.05, 4.69) is 34.2 Å². The number of nitrogens with zero attached hydrogens (tertiary/aromatic N) is 5. The Bertz CT molecular complexity index is 846. The van der Waals surface area contributed by atoms with Crippen molar-refractivity contribution in [1.29, 1.82) is 5.26 Å². The third-order valence-corrected chi connectivity index (χ3v) is 4.11. The van der Waals surface area contributed by atoms with Crippen LogP contribution in [-0.2, 0) is 0 Å². The van der Waals surface area contributed by atoms with Crippen molar-refractivity contribution >= 4 is 11.8 Å². The summed E-state index contributed by atoms with van der Waals surface area (Å²) in [6.45, 7) is 3.99. The zero-order chi connectivity index (χ0) is 15.5. The fourth-order valence-corrected chi connectivity index (χ4v) is 2.93. The van der Waals surface area contributed by atoms with E-state index < -0.39 is 0 Å². The minimum Gasteiger partial charge on any atom is -0.274 e. The van der Waals surface area contributed by atoms with Crippen molar-refractivity contribution in [3.05, 3.63) is 59.5 Å². The molecule has 6 heteroatoms. The van der Waals surface area contributed by atoms with Crippen LogP contribution in [0.5, 0.6) is 0 Å². The molecule has 0 aliphatic carbocycles. The van der Waals surface area contributed by atoms with Crippen molar-refractivity contribution in [3.8, 4) is 11.8 Å². The first-order chi connectivity index (χ1) is 10.7. The molecule has 0 saturated heterocycles. The lowest BCUT2D eigenvalue weighted by Crippen LogP contribution is -2.01. The largest absolute Gasteiger partial charge is 0.274 e. The molecule has 3 aromatic rings. The molecule has 2 heterocycles. The molecule has 2 aromatic heterocycles. The molecule has 0 radical (unpaired) electrons. The molecule has 3 rings (SSSR count). The lowest BCUT2D eigenvalue weighted by Gasteiger charge is -2.10. The third kappa shape index (κ3) is 2.71. The lowest BCUT2D eigenvalue weighted by molar-refractivity contribution is 0.859. The molecule has 0 fully saturated rings. The van der Waals surface area contributed by atoms with E-state index in [1.54, 1.807) is 12.3 Å². The lowest BCUT2D eigenvalue weighted by atomic mass is 10.2. The van der Waals surface area contributed by atoms with Gasteiger partial charge in [0, 0.05) is 6.20 Å². The van der Waals surface area contributed by atoms with Gasteiger partial charge in [-0.2, -0.15) is 5.26 Å². The molecule has 0 amide bonds. The summed E-state index contributed by atoms with van der Waals surface area (Å²) in [6.07, 6.45) is 1.56. The number of pyridine rings is 1. The number of rotatable bonds is 3. The van der Waals surface area contributed by atoms with Crippen LogP contribution in [0.15, 0.2) is 52.8 Å². The van der Waals surface area contributed by atoms with Gasteiger partial charge in [-0.25, -0.2) is 4.98 Å². The van der Waals surface area contributed by atoms with Crippen molar-refractivity contribution in [2.24, 2.45) is 0 Å². The molecule has 1 aromatic carbocycles. The van der Waals surface area contributed by atoms with Crippen LogP contribution in [0.3, 0.4) is 0 Å². The quantitative estimate of drug-likeness (QED) is 0.742. The topological polar surface area (TPSA) is 67.4 Å². The van der Waals surface area contributed by atoms with Crippen LogP contribution in [0.1, 0.15) is 17.0 Å². The van der Waals surface area contributed by atoms with Crippen molar-refractivity contribution < 1.29 is 0 Å². The second-order valence-electron chi connectivity index (χ2n) is 4.75. The summed E-state index contributed by atoms with van der Waals surface area (Å²) in [5.74, 6) is 0.824. The van der Waals surface area contributed by atoms with Crippen molar-refractivity contribution in [3.63, 3.8) is 0 Å². The minimum atomic E-state index is 0.543. The molecule has 0 unspecified atom stereocenters. The first-order valence-electron chi connectivity index (χ1n) is 6.71. The summed E-state index contributed by atoms with van der Waals surface area (Å²) in [5, 5.41) is 18.8. The monoisotopic (exact) mass is 307 g/mol. The second-order valence-corrected chi connectivity index (χ2v) is 5.74. The van der Waals surface area contributed by atoms with E-state index in [-0.39, 0.29) is 0 Å². The van der Waals surface area contributed by atoms with E-state index in [1.165, 1.54) is 11.8 Å². The third-order valence-electron chi connectivity index (χ3n) is 3.21. The van der Waals surface area contributed by atoms with Gasteiger partial charge in [-0.3, -0.25) is 4.57 Å². The second kappa shape index (κ2) is 6.00. The van der Waals surface area contributed by atoms with Crippen molar-refractivity contribution in [1.82, 2.24) is 19.7 Å². The fraction of sp³-hybridized carbons (Fsp3) is 0.125. The predicted octanol–water partition coefficient (Wildman–Crippen LogP) is 3.30. The van der Waals surface area contributed by atoms with E-state index in [4.69, 9.17) is 5.26 Å². The Balaban J connectivity index is 1.99. The molecular formula is C16H13N5S. The minimum absolute atomic E-state index is 0.543. The molecule has 0 aliphatic heterocycles. The fourth-order valence-electron chi connectivity index (χ4n) is 2.10. The molecule has 0 N–H and O–H groups in total. The highest BCUT2D eigenvalue weighted by molar-refractivity contribution is 7.99.